The number of nitrogens with zero attached hydrogens (tertiary/aromatic N) is 1. The molecular weight excluding hydrogens is 225 g/mol. The average molecular weight is 232 g/mol. The van der Waals surface area contributed by atoms with Gasteiger partial charge >= 0.3 is 0 Å². The Balaban J connectivity index is 3.08. The van der Waals surface area contributed by atoms with Gasteiger partial charge in [0.15, 0.2) is 0 Å². The van der Waals surface area contributed by atoms with Crippen molar-refractivity contribution in [1.82, 2.24) is 0 Å². The van der Waals surface area contributed by atoms with Crippen molar-refractivity contribution in [3.63, 3.8) is 0 Å². The van der Waals surface area contributed by atoms with E-state index in [0.29, 0.717) is 10.0 Å². The fourth-order valence-electron chi connectivity index (χ4n) is 0.989. The number of isothiocyanates is 1. The minimum Gasteiger partial charge on any atom is -0.225 e. The third-order valence-electron chi connectivity index (χ3n) is 1.66. The summed E-state index contributed by atoms with van der Waals surface area (Å²) >= 11 is 16.2. The maximum atomic E-state index is 5.95. The lowest BCUT2D eigenvalue weighted by Crippen LogP contribution is -1.89. The summed E-state index contributed by atoms with van der Waals surface area (Å²) in [6.07, 6.45) is 0. The Kier molecular flexibility index (Phi) is 3.89. The van der Waals surface area contributed by atoms with Crippen LogP contribution in [0, 0.1) is 0 Å². The van der Waals surface area contributed by atoms with Gasteiger partial charge in [-0.25, -0.2) is 4.99 Å². The second-order valence-electron chi connectivity index (χ2n) is 2.56. The van der Waals surface area contributed by atoms with Gasteiger partial charge in [0.25, 0.3) is 0 Å². The first-order valence-electron chi connectivity index (χ1n) is 3.67. The molecule has 1 aromatic carbocycles. The molecule has 0 saturated carbocycles. The van der Waals surface area contributed by atoms with Crippen molar-refractivity contribution in [3.8, 4) is 0 Å². The van der Waals surface area contributed by atoms with Gasteiger partial charge in [-0.2, -0.15) is 0 Å². The summed E-state index contributed by atoms with van der Waals surface area (Å²) in [7, 11) is 0. The summed E-state index contributed by atoms with van der Waals surface area (Å²) in [6.45, 7) is 1.90. The summed E-state index contributed by atoms with van der Waals surface area (Å²) < 4.78 is 0. The molecule has 4 heteroatoms. The highest BCUT2D eigenvalue weighted by Crippen LogP contribution is 2.27. The standard InChI is InChI=1S/C9H7Cl2NS/c1-6(12-5-13)8-3-2-7(10)4-9(8)11/h2-4,6H,1H3. The van der Waals surface area contributed by atoms with Gasteiger partial charge in [-0.15, -0.1) is 0 Å². The lowest BCUT2D eigenvalue weighted by molar-refractivity contribution is 0.828. The van der Waals surface area contributed by atoms with Crippen LogP contribution in [-0.4, -0.2) is 5.16 Å². The topological polar surface area (TPSA) is 12.4 Å². The first kappa shape index (κ1) is 10.7. The molecule has 0 saturated heterocycles. The molecule has 1 aromatic rings. The maximum Gasteiger partial charge on any atom is 0.0838 e. The summed E-state index contributed by atoms with van der Waals surface area (Å²) in [4.78, 5) is 3.92. The smallest absolute Gasteiger partial charge is 0.0838 e. The average Bonchev–Trinajstić information content (AvgIpc) is 2.04. The molecule has 0 fully saturated rings. The van der Waals surface area contributed by atoms with E-state index in [1.54, 1.807) is 12.1 Å². The molecule has 1 rings (SSSR count). The van der Waals surface area contributed by atoms with Crippen LogP contribution < -0.4 is 0 Å². The van der Waals surface area contributed by atoms with Crippen LogP contribution >= 0.6 is 35.4 Å². The molecule has 0 aliphatic heterocycles. The number of benzene rings is 1. The molecule has 0 heterocycles. The fourth-order valence-corrected chi connectivity index (χ4v) is 1.71. The highest BCUT2D eigenvalue weighted by atomic mass is 35.5. The molecule has 0 radical (unpaired) electrons. The highest BCUT2D eigenvalue weighted by Gasteiger charge is 2.07. The second kappa shape index (κ2) is 4.73. The predicted molar refractivity (Wildman–Crippen MR) is 59.9 cm³/mol. The van der Waals surface area contributed by atoms with Crippen LogP contribution in [0.3, 0.4) is 0 Å². The molecule has 0 aliphatic carbocycles. The van der Waals surface area contributed by atoms with Crippen molar-refractivity contribution in [1.29, 1.82) is 0 Å². The van der Waals surface area contributed by atoms with Gasteiger partial charge in [-0.05, 0) is 36.8 Å². The molecule has 1 unspecified atom stereocenters. The van der Waals surface area contributed by atoms with Crippen molar-refractivity contribution >= 4 is 40.6 Å². The van der Waals surface area contributed by atoms with Crippen molar-refractivity contribution in [2.45, 2.75) is 13.0 Å². The Morgan fingerprint density at radius 2 is 2.15 bits per heavy atom. The third kappa shape index (κ3) is 2.78. The fraction of sp³-hybridized carbons (Fsp3) is 0.222. The number of hydrogen-bond donors (Lipinski definition) is 0. The summed E-state index contributed by atoms with van der Waals surface area (Å²) in [5.41, 5.74) is 0.906. The number of thiocarbonyl (C=S) groups is 1. The molecule has 0 aromatic heterocycles. The van der Waals surface area contributed by atoms with E-state index < -0.39 is 0 Å². The van der Waals surface area contributed by atoms with Gasteiger partial charge in [0, 0.05) is 10.0 Å². The molecule has 0 spiro atoms. The van der Waals surface area contributed by atoms with Gasteiger partial charge in [0.2, 0.25) is 0 Å². The van der Waals surface area contributed by atoms with Gasteiger partial charge in [0.05, 0.1) is 11.2 Å². The lowest BCUT2D eigenvalue weighted by Gasteiger charge is -2.07. The van der Waals surface area contributed by atoms with E-state index in [2.05, 4.69) is 22.4 Å². The minimum absolute atomic E-state index is 0.0673. The van der Waals surface area contributed by atoms with Gasteiger partial charge in [0.1, 0.15) is 0 Å². The molecule has 1 atom stereocenters. The Hall–Kier alpha value is -0.400. The summed E-state index contributed by atoms with van der Waals surface area (Å²) in [5.74, 6) is 0. The zero-order valence-electron chi connectivity index (χ0n) is 6.92. The van der Waals surface area contributed by atoms with Crippen molar-refractivity contribution in [3.05, 3.63) is 33.8 Å². The van der Waals surface area contributed by atoms with Crippen molar-refractivity contribution < 1.29 is 0 Å². The van der Waals surface area contributed by atoms with E-state index in [0.717, 1.165) is 5.56 Å². The molecule has 0 bridgehead atoms. The molecule has 0 aliphatic rings. The molecule has 68 valence electrons. The molecular formula is C9H7Cl2NS. The van der Waals surface area contributed by atoms with Gasteiger partial charge in [-0.3, -0.25) is 0 Å². The molecule has 1 nitrogen and oxygen atoms in total. The van der Waals surface area contributed by atoms with Crippen molar-refractivity contribution in [2.24, 2.45) is 4.99 Å². The van der Waals surface area contributed by atoms with E-state index in [-0.39, 0.29) is 6.04 Å². The SMILES string of the molecule is CC(N=C=S)c1ccc(Cl)cc1Cl. The molecule has 13 heavy (non-hydrogen) atoms. The van der Waals surface area contributed by atoms with E-state index in [9.17, 15) is 0 Å². The second-order valence-corrected chi connectivity index (χ2v) is 3.59. The monoisotopic (exact) mass is 231 g/mol. The van der Waals surface area contributed by atoms with Crippen LogP contribution in [0.25, 0.3) is 0 Å². The van der Waals surface area contributed by atoms with Crippen molar-refractivity contribution in [2.75, 3.05) is 0 Å². The van der Waals surface area contributed by atoms with Crippen LogP contribution in [0.5, 0.6) is 0 Å². The zero-order valence-corrected chi connectivity index (χ0v) is 9.25. The lowest BCUT2D eigenvalue weighted by atomic mass is 10.1. The Bertz CT molecular complexity index is 359. The Morgan fingerprint density at radius 1 is 1.46 bits per heavy atom. The third-order valence-corrected chi connectivity index (χ3v) is 2.33. The predicted octanol–water partition coefficient (Wildman–Crippen LogP) is 4.16. The first-order chi connectivity index (χ1) is 6.15. The number of rotatable bonds is 2. The zero-order chi connectivity index (χ0) is 9.84. The number of aliphatic imine (C=N–C) groups is 1. The summed E-state index contributed by atoms with van der Waals surface area (Å²) in [5, 5.41) is 3.55. The minimum atomic E-state index is -0.0673. The quantitative estimate of drug-likeness (QED) is 0.551. The van der Waals surface area contributed by atoms with E-state index in [4.69, 9.17) is 23.2 Å². The summed E-state index contributed by atoms with van der Waals surface area (Å²) in [6, 6.07) is 5.24. The van der Waals surface area contributed by atoms with E-state index in [1.807, 2.05) is 13.0 Å². The normalized spacial score (nSPS) is 11.9. The Labute approximate surface area is 92.4 Å². The van der Waals surface area contributed by atoms with Crippen LogP contribution in [0.15, 0.2) is 23.2 Å². The van der Waals surface area contributed by atoms with Gasteiger partial charge < -0.3 is 0 Å². The van der Waals surface area contributed by atoms with E-state index >= 15 is 0 Å². The first-order valence-corrected chi connectivity index (χ1v) is 4.83. The van der Waals surface area contributed by atoms with E-state index in [1.165, 1.54) is 0 Å². The number of halogens is 2. The molecule has 0 amide bonds. The maximum absolute atomic E-state index is 5.95. The van der Waals surface area contributed by atoms with Crippen LogP contribution in [0.1, 0.15) is 18.5 Å². The molecule has 0 N–H and O–H groups in total. The van der Waals surface area contributed by atoms with Crippen LogP contribution in [0.2, 0.25) is 10.0 Å². The number of hydrogen-bond acceptors (Lipinski definition) is 2. The largest absolute Gasteiger partial charge is 0.225 e. The Morgan fingerprint density at radius 3 is 2.69 bits per heavy atom. The highest BCUT2D eigenvalue weighted by molar-refractivity contribution is 7.78. The van der Waals surface area contributed by atoms with Crippen LogP contribution in [-0.2, 0) is 0 Å². The van der Waals surface area contributed by atoms with Gasteiger partial charge in [-0.1, -0.05) is 29.3 Å². The van der Waals surface area contributed by atoms with Crippen LogP contribution in [0.4, 0.5) is 0 Å².